The SMILES string of the molecule is Cc1ccc(C)c(C2OC2(C)C)c1. The van der Waals surface area contributed by atoms with E-state index in [0.29, 0.717) is 6.10 Å². The maximum Gasteiger partial charge on any atom is 0.112 e. The van der Waals surface area contributed by atoms with E-state index in [4.69, 9.17) is 4.74 Å². The summed E-state index contributed by atoms with van der Waals surface area (Å²) in [6.07, 6.45) is 0.312. The van der Waals surface area contributed by atoms with E-state index in [2.05, 4.69) is 45.9 Å². The van der Waals surface area contributed by atoms with Crippen molar-refractivity contribution >= 4 is 0 Å². The normalized spacial score (nSPS) is 24.5. The van der Waals surface area contributed by atoms with Gasteiger partial charge in [0.1, 0.15) is 6.10 Å². The summed E-state index contributed by atoms with van der Waals surface area (Å²) in [4.78, 5) is 0. The van der Waals surface area contributed by atoms with Gasteiger partial charge in [0.2, 0.25) is 0 Å². The van der Waals surface area contributed by atoms with Gasteiger partial charge >= 0.3 is 0 Å². The van der Waals surface area contributed by atoms with Crippen molar-refractivity contribution in [3.05, 3.63) is 34.9 Å². The molecule has 13 heavy (non-hydrogen) atoms. The van der Waals surface area contributed by atoms with E-state index in [1.165, 1.54) is 16.7 Å². The van der Waals surface area contributed by atoms with Gasteiger partial charge in [0.05, 0.1) is 5.60 Å². The number of aryl methyl sites for hydroxylation is 2. The Balaban J connectivity index is 2.36. The average Bonchev–Trinajstić information content (AvgIpc) is 2.65. The van der Waals surface area contributed by atoms with E-state index in [1.54, 1.807) is 0 Å². The van der Waals surface area contributed by atoms with Crippen LogP contribution >= 0.6 is 0 Å². The zero-order chi connectivity index (χ0) is 9.64. The highest BCUT2D eigenvalue weighted by atomic mass is 16.6. The molecule has 0 saturated carbocycles. The summed E-state index contributed by atoms with van der Waals surface area (Å²) < 4.78 is 5.63. The van der Waals surface area contributed by atoms with Crippen LogP contribution in [0.3, 0.4) is 0 Å². The fraction of sp³-hybridized carbons (Fsp3) is 0.500. The zero-order valence-corrected chi connectivity index (χ0v) is 8.72. The van der Waals surface area contributed by atoms with Crippen LogP contribution in [0.5, 0.6) is 0 Å². The predicted octanol–water partition coefficient (Wildman–Crippen LogP) is 3.15. The number of rotatable bonds is 1. The van der Waals surface area contributed by atoms with Crippen molar-refractivity contribution in [2.24, 2.45) is 0 Å². The third-order valence-corrected chi connectivity index (χ3v) is 2.71. The highest BCUT2D eigenvalue weighted by Crippen LogP contribution is 2.49. The first-order valence-electron chi connectivity index (χ1n) is 4.76. The van der Waals surface area contributed by atoms with Crippen LogP contribution in [-0.4, -0.2) is 5.60 Å². The molecule has 0 N–H and O–H groups in total. The third kappa shape index (κ3) is 1.49. The molecule has 1 nitrogen and oxygen atoms in total. The van der Waals surface area contributed by atoms with Gasteiger partial charge in [0.15, 0.2) is 0 Å². The van der Waals surface area contributed by atoms with Gasteiger partial charge in [-0.2, -0.15) is 0 Å². The maximum absolute atomic E-state index is 5.63. The predicted molar refractivity (Wildman–Crippen MR) is 53.8 cm³/mol. The standard InChI is InChI=1S/C12H16O/c1-8-5-6-9(2)10(7-8)11-12(3,4)13-11/h5-7,11H,1-4H3. The smallest absolute Gasteiger partial charge is 0.112 e. The van der Waals surface area contributed by atoms with Crippen molar-refractivity contribution in [1.29, 1.82) is 0 Å². The molecule has 0 aromatic heterocycles. The molecule has 1 unspecified atom stereocenters. The number of hydrogen-bond donors (Lipinski definition) is 0. The lowest BCUT2D eigenvalue weighted by molar-refractivity contribution is 0.325. The van der Waals surface area contributed by atoms with Crippen LogP contribution in [0, 0.1) is 13.8 Å². The molecule has 0 amide bonds. The molecule has 1 aromatic carbocycles. The summed E-state index contributed by atoms with van der Waals surface area (Å²) in [6.45, 7) is 8.55. The molecule has 1 atom stereocenters. The van der Waals surface area contributed by atoms with Gasteiger partial charge in [-0.15, -0.1) is 0 Å². The summed E-state index contributed by atoms with van der Waals surface area (Å²) >= 11 is 0. The van der Waals surface area contributed by atoms with Gasteiger partial charge in [-0.3, -0.25) is 0 Å². The summed E-state index contributed by atoms with van der Waals surface area (Å²) in [6, 6.07) is 6.55. The molecule has 1 heteroatoms. The van der Waals surface area contributed by atoms with Crippen LogP contribution in [0.25, 0.3) is 0 Å². The lowest BCUT2D eigenvalue weighted by Crippen LogP contribution is -1.99. The van der Waals surface area contributed by atoms with Gasteiger partial charge in [-0.1, -0.05) is 23.8 Å². The van der Waals surface area contributed by atoms with Crippen LogP contribution in [0.1, 0.15) is 36.6 Å². The third-order valence-electron chi connectivity index (χ3n) is 2.71. The minimum Gasteiger partial charge on any atom is -0.362 e. The number of benzene rings is 1. The summed E-state index contributed by atoms with van der Waals surface area (Å²) in [5.41, 5.74) is 4.05. The molecular formula is C12H16O. The molecule has 2 rings (SSSR count). The second-order valence-electron chi connectivity index (χ2n) is 4.46. The Labute approximate surface area is 79.7 Å². The molecular weight excluding hydrogens is 160 g/mol. The van der Waals surface area contributed by atoms with Crippen molar-refractivity contribution in [3.63, 3.8) is 0 Å². The number of hydrogen-bond acceptors (Lipinski definition) is 1. The van der Waals surface area contributed by atoms with E-state index >= 15 is 0 Å². The van der Waals surface area contributed by atoms with Gasteiger partial charge in [-0.25, -0.2) is 0 Å². The van der Waals surface area contributed by atoms with Gasteiger partial charge in [0, 0.05) is 0 Å². The van der Waals surface area contributed by atoms with Crippen molar-refractivity contribution in [2.45, 2.75) is 39.4 Å². The maximum atomic E-state index is 5.63. The van der Waals surface area contributed by atoms with Crippen LogP contribution in [0.4, 0.5) is 0 Å². The van der Waals surface area contributed by atoms with Gasteiger partial charge in [0.25, 0.3) is 0 Å². The molecule has 0 radical (unpaired) electrons. The van der Waals surface area contributed by atoms with E-state index in [1.807, 2.05) is 0 Å². The Kier molecular flexibility index (Phi) is 1.74. The van der Waals surface area contributed by atoms with Gasteiger partial charge < -0.3 is 4.74 Å². The number of ether oxygens (including phenoxy) is 1. The Hall–Kier alpha value is -0.820. The van der Waals surface area contributed by atoms with Crippen molar-refractivity contribution in [2.75, 3.05) is 0 Å². The first-order chi connectivity index (χ1) is 6.00. The Morgan fingerprint density at radius 2 is 1.85 bits per heavy atom. The minimum atomic E-state index is 0.0541. The van der Waals surface area contributed by atoms with E-state index in [0.717, 1.165) is 0 Å². The molecule has 0 spiro atoms. The largest absolute Gasteiger partial charge is 0.362 e. The fourth-order valence-electron chi connectivity index (χ4n) is 1.75. The molecule has 1 fully saturated rings. The summed E-state index contributed by atoms with van der Waals surface area (Å²) in [7, 11) is 0. The van der Waals surface area contributed by atoms with Crippen molar-refractivity contribution < 1.29 is 4.74 Å². The lowest BCUT2D eigenvalue weighted by Gasteiger charge is -2.04. The molecule has 1 heterocycles. The van der Waals surface area contributed by atoms with Crippen LogP contribution in [-0.2, 0) is 4.74 Å². The molecule has 1 saturated heterocycles. The molecule has 1 aliphatic rings. The molecule has 0 aliphatic carbocycles. The van der Waals surface area contributed by atoms with E-state index in [9.17, 15) is 0 Å². The number of epoxide rings is 1. The second-order valence-corrected chi connectivity index (χ2v) is 4.46. The molecule has 0 bridgehead atoms. The monoisotopic (exact) mass is 176 g/mol. The van der Waals surface area contributed by atoms with E-state index < -0.39 is 0 Å². The minimum absolute atomic E-state index is 0.0541. The summed E-state index contributed by atoms with van der Waals surface area (Å²) in [5.74, 6) is 0. The molecule has 70 valence electrons. The van der Waals surface area contributed by atoms with Crippen LogP contribution in [0.15, 0.2) is 18.2 Å². The first kappa shape index (κ1) is 8.76. The topological polar surface area (TPSA) is 12.5 Å². The van der Waals surface area contributed by atoms with Crippen LogP contribution in [0.2, 0.25) is 0 Å². The van der Waals surface area contributed by atoms with E-state index in [-0.39, 0.29) is 5.60 Å². The highest BCUT2D eigenvalue weighted by Gasteiger charge is 2.49. The van der Waals surface area contributed by atoms with Crippen molar-refractivity contribution in [3.8, 4) is 0 Å². The van der Waals surface area contributed by atoms with Crippen molar-refractivity contribution in [1.82, 2.24) is 0 Å². The average molecular weight is 176 g/mol. The lowest BCUT2D eigenvalue weighted by atomic mass is 9.97. The fourth-order valence-corrected chi connectivity index (χ4v) is 1.75. The molecule has 1 aliphatic heterocycles. The zero-order valence-electron chi connectivity index (χ0n) is 8.72. The van der Waals surface area contributed by atoms with Gasteiger partial charge in [-0.05, 0) is 38.8 Å². The Bertz CT molecular complexity index is 339. The summed E-state index contributed by atoms with van der Waals surface area (Å²) in [5, 5.41) is 0. The Morgan fingerprint density at radius 3 is 2.38 bits per heavy atom. The first-order valence-corrected chi connectivity index (χ1v) is 4.76. The molecule has 1 aromatic rings. The second kappa shape index (κ2) is 2.58. The van der Waals surface area contributed by atoms with Crippen LogP contribution < -0.4 is 0 Å². The quantitative estimate of drug-likeness (QED) is 0.599. The Morgan fingerprint density at radius 1 is 1.23 bits per heavy atom. The highest BCUT2D eigenvalue weighted by molar-refractivity contribution is 5.36.